The van der Waals surface area contributed by atoms with E-state index in [1.54, 1.807) is 4.68 Å². The van der Waals surface area contributed by atoms with E-state index in [4.69, 9.17) is 11.5 Å². The van der Waals surface area contributed by atoms with Gasteiger partial charge in [-0.05, 0) is 5.56 Å². The first-order valence-corrected chi connectivity index (χ1v) is 4.97. The quantitative estimate of drug-likeness (QED) is 0.557. The number of nitrogens with one attached hydrogen (secondary N) is 2. The summed E-state index contributed by atoms with van der Waals surface area (Å²) in [7, 11) is 0. The Morgan fingerprint density at radius 1 is 1.19 bits per heavy atom. The third-order valence-electron chi connectivity index (χ3n) is 2.66. The van der Waals surface area contributed by atoms with E-state index in [-0.39, 0.29) is 6.17 Å². The monoisotopic (exact) mass is 216 g/mol. The molecule has 1 atom stereocenters. The molecule has 1 aromatic heterocycles. The van der Waals surface area contributed by atoms with Crippen LogP contribution in [-0.4, -0.2) is 9.78 Å². The summed E-state index contributed by atoms with van der Waals surface area (Å²) in [6.45, 7) is 0. The molecule has 1 aliphatic rings. The highest BCUT2D eigenvalue weighted by molar-refractivity contribution is 5.74. The minimum absolute atomic E-state index is 0.0733. The lowest BCUT2D eigenvalue weighted by Crippen LogP contribution is -2.23. The molecule has 16 heavy (non-hydrogen) atoms. The van der Waals surface area contributed by atoms with E-state index in [0.29, 0.717) is 17.3 Å². The Bertz CT molecular complexity index is 518. The van der Waals surface area contributed by atoms with E-state index in [9.17, 15) is 0 Å². The zero-order valence-electron chi connectivity index (χ0n) is 8.51. The van der Waals surface area contributed by atoms with Crippen LogP contribution in [0.5, 0.6) is 0 Å². The molecular weight excluding hydrogens is 204 g/mol. The smallest absolute Gasteiger partial charge is 0.171 e. The number of nitrogen functional groups attached to an aromatic ring is 2. The highest BCUT2D eigenvalue weighted by Crippen LogP contribution is 2.32. The number of rotatable bonds is 1. The van der Waals surface area contributed by atoms with Gasteiger partial charge in [0, 0.05) is 0 Å². The highest BCUT2D eigenvalue weighted by atomic mass is 15.6. The van der Waals surface area contributed by atoms with Crippen molar-refractivity contribution in [2.24, 2.45) is 0 Å². The molecule has 0 saturated heterocycles. The van der Waals surface area contributed by atoms with Gasteiger partial charge < -0.3 is 16.9 Å². The number of aromatic nitrogens is 2. The molecule has 0 bridgehead atoms. The molecule has 82 valence electrons. The van der Waals surface area contributed by atoms with Gasteiger partial charge in [-0.3, -0.25) is 0 Å². The molecule has 2 aromatic rings. The van der Waals surface area contributed by atoms with Crippen molar-refractivity contribution in [2.45, 2.75) is 6.17 Å². The fraction of sp³-hybridized carbons (Fsp3) is 0.100. The van der Waals surface area contributed by atoms with Crippen molar-refractivity contribution in [3.8, 4) is 0 Å². The fourth-order valence-electron chi connectivity index (χ4n) is 1.83. The second-order valence-electron chi connectivity index (χ2n) is 3.67. The number of nitrogens with zero attached hydrogens (tertiary/aromatic N) is 2. The van der Waals surface area contributed by atoms with E-state index in [1.807, 2.05) is 30.3 Å². The molecule has 6 nitrogen and oxygen atoms in total. The second kappa shape index (κ2) is 3.14. The molecule has 6 N–H and O–H groups in total. The van der Waals surface area contributed by atoms with Crippen LogP contribution in [0.25, 0.3) is 0 Å². The lowest BCUT2D eigenvalue weighted by atomic mass is 10.2. The Labute approximate surface area is 92.2 Å². The maximum absolute atomic E-state index is 5.78. The average molecular weight is 216 g/mol. The minimum Gasteiger partial charge on any atom is -0.393 e. The molecule has 1 unspecified atom stereocenters. The van der Waals surface area contributed by atoms with Gasteiger partial charge >= 0.3 is 0 Å². The lowest BCUT2D eigenvalue weighted by molar-refractivity contribution is 0.519. The van der Waals surface area contributed by atoms with Crippen LogP contribution in [0.3, 0.4) is 0 Å². The van der Waals surface area contributed by atoms with E-state index >= 15 is 0 Å². The van der Waals surface area contributed by atoms with Crippen LogP contribution in [0.4, 0.5) is 17.3 Å². The van der Waals surface area contributed by atoms with E-state index in [1.165, 1.54) is 0 Å². The Morgan fingerprint density at radius 2 is 1.94 bits per heavy atom. The van der Waals surface area contributed by atoms with Crippen molar-refractivity contribution in [2.75, 3.05) is 16.9 Å². The van der Waals surface area contributed by atoms with Crippen molar-refractivity contribution < 1.29 is 0 Å². The van der Waals surface area contributed by atoms with E-state index in [2.05, 4.69) is 16.0 Å². The third kappa shape index (κ3) is 1.13. The zero-order valence-corrected chi connectivity index (χ0v) is 8.51. The molecule has 1 aliphatic heterocycles. The summed E-state index contributed by atoms with van der Waals surface area (Å²) in [4.78, 5) is 0. The van der Waals surface area contributed by atoms with Gasteiger partial charge in [0.05, 0.1) is 0 Å². The predicted octanol–water partition coefficient (Wildman–Crippen LogP) is 0.524. The molecule has 0 saturated carbocycles. The van der Waals surface area contributed by atoms with Crippen molar-refractivity contribution in [3.63, 3.8) is 0 Å². The normalized spacial score (nSPS) is 18.1. The predicted molar refractivity (Wildman–Crippen MR) is 62.4 cm³/mol. The number of fused-ring (bicyclic) bond motifs is 1. The molecule has 6 heteroatoms. The van der Waals surface area contributed by atoms with E-state index < -0.39 is 0 Å². The molecule has 0 amide bonds. The van der Waals surface area contributed by atoms with Gasteiger partial charge in [0.15, 0.2) is 11.6 Å². The molecule has 0 aliphatic carbocycles. The topological polar surface area (TPSA) is 93.9 Å². The first-order valence-electron chi connectivity index (χ1n) is 4.97. The van der Waals surface area contributed by atoms with Crippen LogP contribution >= 0.6 is 0 Å². The van der Waals surface area contributed by atoms with E-state index in [0.717, 1.165) is 5.56 Å². The SMILES string of the molecule is Nc1nn2c(c1N)NNC2c1ccccc1. The molecular formula is C10H12N6. The molecule has 0 radical (unpaired) electrons. The lowest BCUT2D eigenvalue weighted by Gasteiger charge is -2.11. The summed E-state index contributed by atoms with van der Waals surface area (Å²) in [5.41, 5.74) is 19.1. The van der Waals surface area contributed by atoms with Crippen LogP contribution in [0.2, 0.25) is 0 Å². The molecule has 0 spiro atoms. The minimum atomic E-state index is -0.0733. The second-order valence-corrected chi connectivity index (χ2v) is 3.67. The van der Waals surface area contributed by atoms with Crippen LogP contribution in [-0.2, 0) is 0 Å². The average Bonchev–Trinajstić information content (AvgIpc) is 2.83. The third-order valence-corrected chi connectivity index (χ3v) is 2.66. The van der Waals surface area contributed by atoms with Crippen LogP contribution in [0.15, 0.2) is 30.3 Å². The summed E-state index contributed by atoms with van der Waals surface area (Å²) in [5.74, 6) is 1.07. The molecule has 0 fully saturated rings. The Morgan fingerprint density at radius 3 is 2.69 bits per heavy atom. The zero-order chi connectivity index (χ0) is 11.1. The number of hydrogen-bond acceptors (Lipinski definition) is 5. The Kier molecular flexibility index (Phi) is 1.78. The van der Waals surface area contributed by atoms with Gasteiger partial charge in [0.1, 0.15) is 11.9 Å². The standard InChI is InChI=1S/C10H12N6/c11-7-8(12)15-16-9(13-14-10(7)16)6-4-2-1-3-5-6/h1-5,9,13-14H,11H2,(H2,12,15). The Hall–Kier alpha value is -2.21. The van der Waals surface area contributed by atoms with Crippen LogP contribution in [0, 0.1) is 0 Å². The number of benzene rings is 1. The van der Waals surface area contributed by atoms with Gasteiger partial charge in [-0.2, -0.15) is 0 Å². The first-order chi connectivity index (χ1) is 7.77. The summed E-state index contributed by atoms with van der Waals surface area (Å²) >= 11 is 0. The summed E-state index contributed by atoms with van der Waals surface area (Å²) in [5, 5.41) is 4.19. The maximum Gasteiger partial charge on any atom is 0.171 e. The van der Waals surface area contributed by atoms with Crippen LogP contribution < -0.4 is 22.3 Å². The van der Waals surface area contributed by atoms with Gasteiger partial charge in [-0.25, -0.2) is 10.1 Å². The van der Waals surface area contributed by atoms with Crippen molar-refractivity contribution in [1.82, 2.24) is 15.2 Å². The number of nitrogens with two attached hydrogens (primary N) is 2. The number of anilines is 3. The van der Waals surface area contributed by atoms with Crippen molar-refractivity contribution in [3.05, 3.63) is 35.9 Å². The molecule has 2 heterocycles. The summed E-state index contributed by atoms with van der Waals surface area (Å²) in [6.07, 6.45) is -0.0733. The summed E-state index contributed by atoms with van der Waals surface area (Å²) < 4.78 is 1.75. The van der Waals surface area contributed by atoms with Crippen LogP contribution in [0.1, 0.15) is 11.7 Å². The van der Waals surface area contributed by atoms with Crippen molar-refractivity contribution >= 4 is 17.3 Å². The van der Waals surface area contributed by atoms with Gasteiger partial charge in [0.2, 0.25) is 0 Å². The fourth-order valence-corrected chi connectivity index (χ4v) is 1.83. The Balaban J connectivity index is 2.07. The largest absolute Gasteiger partial charge is 0.393 e. The number of hydrogen-bond donors (Lipinski definition) is 4. The maximum atomic E-state index is 5.78. The molecule has 3 rings (SSSR count). The first kappa shape index (κ1) is 9.05. The highest BCUT2D eigenvalue weighted by Gasteiger charge is 2.27. The molecule has 1 aromatic carbocycles. The summed E-state index contributed by atoms with van der Waals surface area (Å²) in [6, 6.07) is 9.96. The van der Waals surface area contributed by atoms with Gasteiger partial charge in [-0.15, -0.1) is 5.10 Å². The van der Waals surface area contributed by atoms with Gasteiger partial charge in [0.25, 0.3) is 0 Å². The van der Waals surface area contributed by atoms with Gasteiger partial charge in [-0.1, -0.05) is 30.3 Å². The van der Waals surface area contributed by atoms with Crippen molar-refractivity contribution in [1.29, 1.82) is 0 Å². The number of hydrazine groups is 1.